The third-order valence-electron chi connectivity index (χ3n) is 3.03. The number of rotatable bonds is 2. The Labute approximate surface area is 125 Å². The molecule has 19 heavy (non-hydrogen) atoms. The Kier molecular flexibility index (Phi) is 4.27. The Morgan fingerprint density at radius 1 is 1.21 bits per heavy atom. The Hall–Kier alpha value is -1.32. The van der Waals surface area contributed by atoms with Crippen LogP contribution in [0.2, 0.25) is 5.02 Å². The van der Waals surface area contributed by atoms with Crippen molar-refractivity contribution >= 4 is 39.1 Å². The van der Waals surface area contributed by atoms with Crippen molar-refractivity contribution < 1.29 is 4.79 Å². The normalized spacial score (nSPS) is 10.3. The van der Waals surface area contributed by atoms with Gasteiger partial charge in [-0.25, -0.2) is 0 Å². The Morgan fingerprint density at radius 3 is 2.63 bits per heavy atom. The van der Waals surface area contributed by atoms with E-state index in [1.165, 1.54) is 0 Å². The van der Waals surface area contributed by atoms with Crippen molar-refractivity contribution in [1.29, 1.82) is 0 Å². The second kappa shape index (κ2) is 5.76. The first-order valence-corrected chi connectivity index (χ1v) is 6.99. The van der Waals surface area contributed by atoms with Crippen LogP contribution in [0.1, 0.15) is 21.5 Å². The number of benzene rings is 2. The number of amides is 1. The predicted molar refractivity (Wildman–Crippen MR) is 83.0 cm³/mol. The first-order valence-electron chi connectivity index (χ1n) is 5.81. The summed E-state index contributed by atoms with van der Waals surface area (Å²) in [5.74, 6) is -0.148. The van der Waals surface area contributed by atoms with Crippen molar-refractivity contribution in [2.45, 2.75) is 13.8 Å². The van der Waals surface area contributed by atoms with Crippen molar-refractivity contribution in [2.75, 3.05) is 5.32 Å². The Morgan fingerprint density at radius 2 is 1.95 bits per heavy atom. The van der Waals surface area contributed by atoms with Gasteiger partial charge in [0.05, 0.1) is 10.7 Å². The van der Waals surface area contributed by atoms with E-state index in [1.54, 1.807) is 12.1 Å². The highest BCUT2D eigenvalue weighted by Crippen LogP contribution is 2.26. The van der Waals surface area contributed by atoms with E-state index in [4.69, 9.17) is 11.6 Å². The number of aryl methyl sites for hydroxylation is 1. The number of halogens is 2. The topological polar surface area (TPSA) is 29.1 Å². The average molecular weight is 339 g/mol. The maximum Gasteiger partial charge on any atom is 0.255 e. The van der Waals surface area contributed by atoms with E-state index in [1.807, 2.05) is 38.1 Å². The van der Waals surface area contributed by atoms with Crippen molar-refractivity contribution in [1.82, 2.24) is 0 Å². The summed E-state index contributed by atoms with van der Waals surface area (Å²) in [5, 5.41) is 3.34. The van der Waals surface area contributed by atoms with Crippen LogP contribution in [0.4, 0.5) is 5.69 Å². The lowest BCUT2D eigenvalue weighted by atomic mass is 10.0. The molecule has 98 valence electrons. The lowest BCUT2D eigenvalue weighted by molar-refractivity contribution is 0.102. The zero-order valence-corrected chi connectivity index (χ0v) is 13.0. The molecule has 2 nitrogen and oxygen atoms in total. The monoisotopic (exact) mass is 337 g/mol. The van der Waals surface area contributed by atoms with Crippen LogP contribution in [-0.4, -0.2) is 5.91 Å². The SMILES string of the molecule is Cc1cccc(C(=O)Nc2ccc(Br)cc2Cl)c1C. The Balaban J connectivity index is 2.28. The molecule has 0 fully saturated rings. The summed E-state index contributed by atoms with van der Waals surface area (Å²) >= 11 is 9.42. The van der Waals surface area contributed by atoms with Crippen molar-refractivity contribution in [3.8, 4) is 0 Å². The van der Waals surface area contributed by atoms with Crippen LogP contribution < -0.4 is 5.32 Å². The van der Waals surface area contributed by atoms with Crippen LogP contribution in [-0.2, 0) is 0 Å². The van der Waals surface area contributed by atoms with Gasteiger partial charge in [0.1, 0.15) is 0 Å². The molecular formula is C15H13BrClNO. The fourth-order valence-electron chi connectivity index (χ4n) is 1.78. The molecule has 0 bridgehead atoms. The standard InChI is InChI=1S/C15H13BrClNO/c1-9-4-3-5-12(10(9)2)15(19)18-14-7-6-11(16)8-13(14)17/h3-8H,1-2H3,(H,18,19). The molecule has 0 heterocycles. The summed E-state index contributed by atoms with van der Waals surface area (Å²) < 4.78 is 0.877. The minimum absolute atomic E-state index is 0.148. The molecule has 1 amide bonds. The third-order valence-corrected chi connectivity index (χ3v) is 3.83. The van der Waals surface area contributed by atoms with Crippen molar-refractivity contribution in [3.63, 3.8) is 0 Å². The second-order valence-electron chi connectivity index (χ2n) is 4.33. The van der Waals surface area contributed by atoms with Crippen LogP contribution in [0.25, 0.3) is 0 Å². The van der Waals surface area contributed by atoms with E-state index in [9.17, 15) is 4.79 Å². The number of carbonyl (C=O) groups excluding carboxylic acids is 1. The summed E-state index contributed by atoms with van der Waals surface area (Å²) in [6.07, 6.45) is 0. The molecule has 0 aliphatic heterocycles. The van der Waals surface area contributed by atoms with Crippen LogP contribution >= 0.6 is 27.5 Å². The van der Waals surface area contributed by atoms with E-state index in [0.29, 0.717) is 16.3 Å². The molecule has 0 aromatic heterocycles. The number of carbonyl (C=O) groups is 1. The highest BCUT2D eigenvalue weighted by molar-refractivity contribution is 9.10. The number of anilines is 1. The Bertz CT molecular complexity index is 640. The van der Waals surface area contributed by atoms with Gasteiger partial charge in [-0.3, -0.25) is 4.79 Å². The number of nitrogens with one attached hydrogen (secondary N) is 1. The third kappa shape index (κ3) is 3.17. The van der Waals surface area contributed by atoms with E-state index in [2.05, 4.69) is 21.2 Å². The summed E-state index contributed by atoms with van der Waals surface area (Å²) in [5.41, 5.74) is 3.34. The maximum absolute atomic E-state index is 12.2. The molecule has 2 rings (SSSR count). The molecule has 2 aromatic carbocycles. The summed E-state index contributed by atoms with van der Waals surface area (Å²) in [4.78, 5) is 12.2. The first kappa shape index (κ1) is 14.1. The van der Waals surface area contributed by atoms with Crippen LogP contribution in [0.15, 0.2) is 40.9 Å². The average Bonchev–Trinajstić information content (AvgIpc) is 2.36. The van der Waals surface area contributed by atoms with Crippen LogP contribution in [0, 0.1) is 13.8 Å². The van der Waals surface area contributed by atoms with E-state index in [0.717, 1.165) is 15.6 Å². The summed E-state index contributed by atoms with van der Waals surface area (Å²) in [7, 11) is 0. The van der Waals surface area contributed by atoms with Gasteiger partial charge in [0.15, 0.2) is 0 Å². The van der Waals surface area contributed by atoms with E-state index < -0.39 is 0 Å². The lowest BCUT2D eigenvalue weighted by Crippen LogP contribution is -2.14. The molecule has 0 unspecified atom stereocenters. The van der Waals surface area contributed by atoms with Gasteiger partial charge in [-0.15, -0.1) is 0 Å². The van der Waals surface area contributed by atoms with Crippen molar-refractivity contribution in [2.24, 2.45) is 0 Å². The smallest absolute Gasteiger partial charge is 0.255 e. The molecule has 0 aliphatic rings. The quantitative estimate of drug-likeness (QED) is 0.823. The van der Waals surface area contributed by atoms with Crippen molar-refractivity contribution in [3.05, 3.63) is 62.6 Å². The largest absolute Gasteiger partial charge is 0.321 e. The van der Waals surface area contributed by atoms with Crippen LogP contribution in [0.5, 0.6) is 0 Å². The minimum atomic E-state index is -0.148. The van der Waals surface area contributed by atoms with Gasteiger partial charge in [0.25, 0.3) is 5.91 Å². The number of hydrogen-bond acceptors (Lipinski definition) is 1. The molecule has 2 aromatic rings. The molecule has 1 N–H and O–H groups in total. The van der Waals surface area contributed by atoms with Gasteiger partial charge < -0.3 is 5.32 Å². The first-order chi connectivity index (χ1) is 8.99. The molecule has 4 heteroatoms. The zero-order chi connectivity index (χ0) is 14.0. The van der Waals surface area contributed by atoms with Gasteiger partial charge >= 0.3 is 0 Å². The molecule has 0 atom stereocenters. The molecule has 0 aliphatic carbocycles. The van der Waals surface area contributed by atoms with Gasteiger partial charge in [-0.1, -0.05) is 39.7 Å². The zero-order valence-electron chi connectivity index (χ0n) is 10.6. The highest BCUT2D eigenvalue weighted by Gasteiger charge is 2.11. The van der Waals surface area contributed by atoms with Gasteiger partial charge in [-0.2, -0.15) is 0 Å². The highest BCUT2D eigenvalue weighted by atomic mass is 79.9. The summed E-state index contributed by atoms with van der Waals surface area (Å²) in [6, 6.07) is 11.0. The number of hydrogen-bond donors (Lipinski definition) is 1. The fraction of sp³-hybridized carbons (Fsp3) is 0.133. The molecule has 0 radical (unpaired) electrons. The van der Waals surface area contributed by atoms with Gasteiger partial charge in [0.2, 0.25) is 0 Å². The van der Waals surface area contributed by atoms with Crippen LogP contribution in [0.3, 0.4) is 0 Å². The summed E-state index contributed by atoms with van der Waals surface area (Å²) in [6.45, 7) is 3.92. The minimum Gasteiger partial charge on any atom is -0.321 e. The molecule has 0 saturated heterocycles. The molecule has 0 saturated carbocycles. The van der Waals surface area contributed by atoms with E-state index in [-0.39, 0.29) is 5.91 Å². The van der Waals surface area contributed by atoms with Gasteiger partial charge in [-0.05, 0) is 49.2 Å². The fourth-order valence-corrected chi connectivity index (χ4v) is 2.50. The predicted octanol–water partition coefficient (Wildman–Crippen LogP) is 4.97. The maximum atomic E-state index is 12.2. The van der Waals surface area contributed by atoms with E-state index >= 15 is 0 Å². The second-order valence-corrected chi connectivity index (χ2v) is 5.65. The lowest BCUT2D eigenvalue weighted by Gasteiger charge is -2.10. The molecule has 0 spiro atoms. The molecular weight excluding hydrogens is 326 g/mol. The van der Waals surface area contributed by atoms with Gasteiger partial charge in [0, 0.05) is 10.0 Å².